The Hall–Kier alpha value is -3.59. The summed E-state index contributed by atoms with van der Waals surface area (Å²) in [5, 5.41) is 2.79. The van der Waals surface area contributed by atoms with Crippen molar-refractivity contribution in [2.24, 2.45) is 0 Å². The number of carbonyl (C=O) groups excluding carboxylic acids is 1. The van der Waals surface area contributed by atoms with Crippen LogP contribution >= 0.6 is 0 Å². The van der Waals surface area contributed by atoms with Crippen molar-refractivity contribution < 1.29 is 22.7 Å². The predicted molar refractivity (Wildman–Crippen MR) is 117 cm³/mol. The van der Waals surface area contributed by atoms with Gasteiger partial charge in [0.05, 0.1) is 18.6 Å². The van der Waals surface area contributed by atoms with E-state index in [1.807, 2.05) is 13.0 Å². The zero-order chi connectivity index (χ0) is 22.3. The van der Waals surface area contributed by atoms with Crippen LogP contribution in [0.15, 0.2) is 71.8 Å². The van der Waals surface area contributed by atoms with Gasteiger partial charge in [0.1, 0.15) is 5.75 Å². The summed E-state index contributed by atoms with van der Waals surface area (Å²) in [4.78, 5) is 16.5. The normalized spacial score (nSPS) is 10.9. The van der Waals surface area contributed by atoms with Crippen LogP contribution in [0.1, 0.15) is 22.8 Å². The van der Waals surface area contributed by atoms with Crippen molar-refractivity contribution >= 4 is 21.6 Å². The maximum Gasteiger partial charge on any atom is 0.261 e. The van der Waals surface area contributed by atoms with Gasteiger partial charge in [-0.05, 0) is 61.0 Å². The molecule has 0 unspecified atom stereocenters. The molecule has 3 aromatic rings. The van der Waals surface area contributed by atoms with Gasteiger partial charge >= 0.3 is 0 Å². The highest BCUT2D eigenvalue weighted by molar-refractivity contribution is 7.92. The number of ether oxygens (including phenoxy) is 2. The van der Waals surface area contributed by atoms with E-state index in [4.69, 9.17) is 9.47 Å². The van der Waals surface area contributed by atoms with Crippen LogP contribution in [0.3, 0.4) is 0 Å². The van der Waals surface area contributed by atoms with E-state index < -0.39 is 10.0 Å². The number of nitrogens with zero attached hydrogens (tertiary/aromatic N) is 1. The van der Waals surface area contributed by atoms with Crippen molar-refractivity contribution in [1.29, 1.82) is 0 Å². The van der Waals surface area contributed by atoms with Gasteiger partial charge in [-0.1, -0.05) is 6.07 Å². The first-order chi connectivity index (χ1) is 14.9. The standard InChI is InChI=1S/C22H23N3O5S/c1-3-30-19-9-11-20(12-10-19)31(27,28)25-18-7-5-17(6-8-18)22(26)24-15-16-4-13-21(29-2)23-14-16/h4-14,25H,3,15H2,1-2H3,(H,24,26). The Balaban J connectivity index is 1.60. The van der Waals surface area contributed by atoms with Crippen LogP contribution in [0.25, 0.3) is 0 Å². The summed E-state index contributed by atoms with van der Waals surface area (Å²) in [7, 11) is -2.22. The molecule has 0 fully saturated rings. The number of benzene rings is 2. The first-order valence-corrected chi connectivity index (χ1v) is 11.0. The van der Waals surface area contributed by atoms with Gasteiger partial charge in [0.25, 0.3) is 15.9 Å². The number of carbonyl (C=O) groups is 1. The maximum atomic E-state index is 12.5. The van der Waals surface area contributed by atoms with Crippen LogP contribution in [0.4, 0.5) is 5.69 Å². The Morgan fingerprint density at radius 2 is 1.71 bits per heavy atom. The van der Waals surface area contributed by atoms with Gasteiger partial charge in [0.15, 0.2) is 0 Å². The molecule has 0 radical (unpaired) electrons. The van der Waals surface area contributed by atoms with Gasteiger partial charge < -0.3 is 14.8 Å². The van der Waals surface area contributed by atoms with E-state index in [0.717, 1.165) is 5.56 Å². The van der Waals surface area contributed by atoms with E-state index in [1.54, 1.807) is 36.5 Å². The number of nitrogens with one attached hydrogen (secondary N) is 2. The minimum absolute atomic E-state index is 0.117. The lowest BCUT2D eigenvalue weighted by Crippen LogP contribution is -2.22. The lowest BCUT2D eigenvalue weighted by Gasteiger charge is -2.10. The molecule has 1 heterocycles. The van der Waals surface area contributed by atoms with Crippen LogP contribution in [0, 0.1) is 0 Å². The van der Waals surface area contributed by atoms with Gasteiger partial charge in [-0.25, -0.2) is 13.4 Å². The zero-order valence-electron chi connectivity index (χ0n) is 17.2. The van der Waals surface area contributed by atoms with E-state index in [0.29, 0.717) is 36.0 Å². The highest BCUT2D eigenvalue weighted by atomic mass is 32.2. The topological polar surface area (TPSA) is 107 Å². The minimum atomic E-state index is -3.75. The summed E-state index contributed by atoms with van der Waals surface area (Å²) in [5.74, 6) is 0.817. The molecule has 2 aromatic carbocycles. The number of anilines is 1. The first kappa shape index (κ1) is 22.1. The highest BCUT2D eigenvalue weighted by Gasteiger charge is 2.15. The molecule has 31 heavy (non-hydrogen) atoms. The summed E-state index contributed by atoms with van der Waals surface area (Å²) in [6.45, 7) is 2.66. The molecule has 8 nitrogen and oxygen atoms in total. The molecule has 0 saturated heterocycles. The monoisotopic (exact) mass is 441 g/mol. The Kier molecular flexibility index (Phi) is 7.09. The molecule has 1 aromatic heterocycles. The van der Waals surface area contributed by atoms with Crippen molar-refractivity contribution in [3.63, 3.8) is 0 Å². The predicted octanol–water partition coefficient (Wildman–Crippen LogP) is 3.22. The van der Waals surface area contributed by atoms with Crippen molar-refractivity contribution in [3.8, 4) is 11.6 Å². The molecule has 0 bridgehead atoms. The average Bonchev–Trinajstić information content (AvgIpc) is 2.78. The second-order valence-electron chi connectivity index (χ2n) is 6.48. The second kappa shape index (κ2) is 9.94. The molecule has 0 spiro atoms. The Morgan fingerprint density at radius 3 is 2.29 bits per heavy atom. The van der Waals surface area contributed by atoms with Crippen LogP contribution in [-0.2, 0) is 16.6 Å². The summed E-state index contributed by atoms with van der Waals surface area (Å²) >= 11 is 0. The molecule has 0 aliphatic rings. The number of rotatable bonds is 9. The quantitative estimate of drug-likeness (QED) is 0.528. The summed E-state index contributed by atoms with van der Waals surface area (Å²) in [6, 6.07) is 15.9. The van der Waals surface area contributed by atoms with Gasteiger partial charge in [0, 0.05) is 30.1 Å². The number of methoxy groups -OCH3 is 1. The Bertz CT molecular complexity index is 1110. The van der Waals surface area contributed by atoms with E-state index in [2.05, 4.69) is 15.0 Å². The third kappa shape index (κ3) is 5.95. The number of sulfonamides is 1. The van der Waals surface area contributed by atoms with Crippen LogP contribution in [-0.4, -0.2) is 33.0 Å². The molecule has 9 heteroatoms. The fraction of sp³-hybridized carbons (Fsp3) is 0.182. The molecule has 1 amide bonds. The van der Waals surface area contributed by atoms with Crippen molar-refractivity contribution in [3.05, 3.63) is 78.0 Å². The Labute approximate surface area is 181 Å². The lowest BCUT2D eigenvalue weighted by atomic mass is 10.2. The Morgan fingerprint density at radius 1 is 1.00 bits per heavy atom. The van der Waals surface area contributed by atoms with Crippen LogP contribution < -0.4 is 19.5 Å². The maximum absolute atomic E-state index is 12.5. The smallest absolute Gasteiger partial charge is 0.261 e. The molecular formula is C22H23N3O5S. The molecule has 0 atom stereocenters. The molecule has 0 saturated carbocycles. The molecule has 0 aliphatic heterocycles. The third-order valence-electron chi connectivity index (χ3n) is 4.30. The minimum Gasteiger partial charge on any atom is -0.494 e. The number of amides is 1. The number of hydrogen-bond acceptors (Lipinski definition) is 6. The third-order valence-corrected chi connectivity index (χ3v) is 5.70. The number of aromatic nitrogens is 1. The van der Waals surface area contributed by atoms with Gasteiger partial charge in [-0.2, -0.15) is 0 Å². The largest absolute Gasteiger partial charge is 0.494 e. The average molecular weight is 442 g/mol. The van der Waals surface area contributed by atoms with Crippen molar-refractivity contribution in [1.82, 2.24) is 10.3 Å². The first-order valence-electron chi connectivity index (χ1n) is 9.54. The van der Waals surface area contributed by atoms with E-state index in [-0.39, 0.29) is 10.8 Å². The van der Waals surface area contributed by atoms with Gasteiger partial charge in [-0.3, -0.25) is 9.52 Å². The van der Waals surface area contributed by atoms with Crippen LogP contribution in [0.2, 0.25) is 0 Å². The fourth-order valence-corrected chi connectivity index (χ4v) is 3.76. The van der Waals surface area contributed by atoms with Crippen LogP contribution in [0.5, 0.6) is 11.6 Å². The second-order valence-corrected chi connectivity index (χ2v) is 8.16. The molecule has 0 aliphatic carbocycles. The van der Waals surface area contributed by atoms with Gasteiger partial charge in [0.2, 0.25) is 5.88 Å². The van der Waals surface area contributed by atoms with Crippen molar-refractivity contribution in [2.45, 2.75) is 18.4 Å². The zero-order valence-corrected chi connectivity index (χ0v) is 18.0. The van der Waals surface area contributed by atoms with Crippen molar-refractivity contribution in [2.75, 3.05) is 18.4 Å². The van der Waals surface area contributed by atoms with E-state index in [1.165, 1.54) is 31.4 Å². The summed E-state index contributed by atoms with van der Waals surface area (Å²) < 4.78 is 37.9. The van der Waals surface area contributed by atoms with E-state index in [9.17, 15) is 13.2 Å². The fourth-order valence-electron chi connectivity index (χ4n) is 2.71. The molecule has 162 valence electrons. The molecular weight excluding hydrogens is 418 g/mol. The van der Waals surface area contributed by atoms with Gasteiger partial charge in [-0.15, -0.1) is 0 Å². The summed E-state index contributed by atoms with van der Waals surface area (Å²) in [5.41, 5.74) is 1.59. The molecule has 2 N–H and O–H groups in total. The molecule has 3 rings (SSSR count). The number of pyridine rings is 1. The SMILES string of the molecule is CCOc1ccc(S(=O)(=O)Nc2ccc(C(=O)NCc3ccc(OC)nc3)cc2)cc1. The lowest BCUT2D eigenvalue weighted by molar-refractivity contribution is 0.0951. The summed E-state index contributed by atoms with van der Waals surface area (Å²) in [6.07, 6.45) is 1.62. The van der Waals surface area contributed by atoms with E-state index >= 15 is 0 Å². The highest BCUT2D eigenvalue weighted by Crippen LogP contribution is 2.20. The number of hydrogen-bond donors (Lipinski definition) is 2.